The number of benzene rings is 1. The summed E-state index contributed by atoms with van der Waals surface area (Å²) < 4.78 is 25.6. The lowest BCUT2D eigenvalue weighted by molar-refractivity contribution is -0.109. The highest BCUT2D eigenvalue weighted by atomic mass is 32.2. The van der Waals surface area contributed by atoms with Crippen LogP contribution in [-0.2, 0) is 4.79 Å². The predicted octanol–water partition coefficient (Wildman–Crippen LogP) is 3.35. The SMILES string of the molecule is CC(=O)SCCC=Cc1cc(F)c(F)cc1O. The van der Waals surface area contributed by atoms with E-state index in [1.807, 2.05) is 0 Å². The number of carbonyl (C=O) groups excluding carboxylic acids is 1. The zero-order chi connectivity index (χ0) is 12.8. The second kappa shape index (κ2) is 6.39. The average molecular weight is 258 g/mol. The van der Waals surface area contributed by atoms with Crippen LogP contribution < -0.4 is 0 Å². The number of phenolic OH excluding ortho intramolecular Hbond substituents is 1. The fourth-order valence-electron chi connectivity index (χ4n) is 1.17. The number of rotatable bonds is 4. The minimum atomic E-state index is -1.08. The molecule has 0 fully saturated rings. The highest BCUT2D eigenvalue weighted by Gasteiger charge is 2.06. The fraction of sp³-hybridized carbons (Fsp3) is 0.250. The zero-order valence-corrected chi connectivity index (χ0v) is 10.1. The van der Waals surface area contributed by atoms with Gasteiger partial charge in [0.15, 0.2) is 16.7 Å². The largest absolute Gasteiger partial charge is 0.507 e. The van der Waals surface area contributed by atoms with Crippen LogP contribution in [0.2, 0.25) is 0 Å². The van der Waals surface area contributed by atoms with Gasteiger partial charge in [-0.05, 0) is 12.5 Å². The van der Waals surface area contributed by atoms with Crippen LogP contribution in [0.4, 0.5) is 8.78 Å². The Balaban J connectivity index is 2.59. The third-order valence-corrected chi connectivity index (χ3v) is 2.80. The molecule has 1 aromatic carbocycles. The second-order valence-corrected chi connectivity index (χ2v) is 4.63. The Morgan fingerprint density at radius 3 is 2.71 bits per heavy atom. The lowest BCUT2D eigenvalue weighted by Gasteiger charge is -2.00. The van der Waals surface area contributed by atoms with Crippen molar-refractivity contribution in [3.05, 3.63) is 35.4 Å². The van der Waals surface area contributed by atoms with E-state index in [0.717, 1.165) is 12.1 Å². The molecule has 0 bridgehead atoms. The van der Waals surface area contributed by atoms with Crippen molar-refractivity contribution >= 4 is 23.0 Å². The first-order chi connectivity index (χ1) is 8.00. The Bertz CT molecular complexity index is 444. The van der Waals surface area contributed by atoms with Crippen molar-refractivity contribution in [2.24, 2.45) is 0 Å². The number of carbonyl (C=O) groups is 1. The maximum Gasteiger partial charge on any atom is 0.185 e. The van der Waals surface area contributed by atoms with Gasteiger partial charge in [-0.25, -0.2) is 8.78 Å². The number of halogens is 2. The first-order valence-corrected chi connectivity index (χ1v) is 5.97. The van der Waals surface area contributed by atoms with Crippen molar-refractivity contribution in [3.63, 3.8) is 0 Å². The van der Waals surface area contributed by atoms with Crippen LogP contribution in [0.1, 0.15) is 18.9 Å². The van der Waals surface area contributed by atoms with Gasteiger partial charge in [-0.15, -0.1) is 0 Å². The van der Waals surface area contributed by atoms with E-state index in [2.05, 4.69) is 0 Å². The highest BCUT2D eigenvalue weighted by molar-refractivity contribution is 8.13. The topological polar surface area (TPSA) is 37.3 Å². The number of allylic oxidation sites excluding steroid dienone is 1. The van der Waals surface area contributed by atoms with Crippen LogP contribution in [0.3, 0.4) is 0 Å². The number of thioether (sulfide) groups is 1. The van der Waals surface area contributed by atoms with Crippen LogP contribution in [0, 0.1) is 11.6 Å². The van der Waals surface area contributed by atoms with Crippen LogP contribution >= 0.6 is 11.8 Å². The zero-order valence-electron chi connectivity index (χ0n) is 9.24. The van der Waals surface area contributed by atoms with Gasteiger partial charge in [-0.2, -0.15) is 0 Å². The standard InChI is InChI=1S/C12H12F2O2S/c1-8(15)17-5-3-2-4-9-6-10(13)11(14)7-12(9)16/h2,4,6-7,16H,3,5H2,1H3. The minimum absolute atomic E-state index is 0.0362. The van der Waals surface area contributed by atoms with Gasteiger partial charge < -0.3 is 5.11 Å². The molecule has 0 aliphatic rings. The maximum absolute atomic E-state index is 12.9. The Morgan fingerprint density at radius 1 is 1.41 bits per heavy atom. The summed E-state index contributed by atoms with van der Waals surface area (Å²) in [6.07, 6.45) is 3.81. The minimum Gasteiger partial charge on any atom is -0.507 e. The molecule has 17 heavy (non-hydrogen) atoms. The van der Waals surface area contributed by atoms with Crippen LogP contribution in [0.15, 0.2) is 18.2 Å². The molecule has 1 N–H and O–H groups in total. The van der Waals surface area contributed by atoms with Crippen LogP contribution in [0.5, 0.6) is 5.75 Å². The number of hydrogen-bond donors (Lipinski definition) is 1. The molecular formula is C12H12F2O2S. The van der Waals surface area contributed by atoms with E-state index in [4.69, 9.17) is 0 Å². The summed E-state index contributed by atoms with van der Waals surface area (Å²) in [5.41, 5.74) is 0.219. The Hall–Kier alpha value is -1.36. The lowest BCUT2D eigenvalue weighted by atomic mass is 10.1. The van der Waals surface area contributed by atoms with Gasteiger partial charge in [0.25, 0.3) is 0 Å². The van der Waals surface area contributed by atoms with E-state index in [1.54, 1.807) is 6.08 Å². The van der Waals surface area contributed by atoms with Crippen molar-refractivity contribution < 1.29 is 18.7 Å². The molecule has 0 unspecified atom stereocenters. The van der Waals surface area contributed by atoms with E-state index in [1.165, 1.54) is 24.8 Å². The molecule has 0 aliphatic heterocycles. The second-order valence-electron chi connectivity index (χ2n) is 3.36. The molecule has 1 rings (SSSR count). The molecule has 0 spiro atoms. The summed E-state index contributed by atoms with van der Waals surface area (Å²) in [4.78, 5) is 10.6. The first-order valence-electron chi connectivity index (χ1n) is 4.98. The van der Waals surface area contributed by atoms with Gasteiger partial charge in [0, 0.05) is 24.3 Å². The van der Waals surface area contributed by atoms with Gasteiger partial charge >= 0.3 is 0 Å². The van der Waals surface area contributed by atoms with Gasteiger partial charge in [0.1, 0.15) is 5.75 Å². The summed E-state index contributed by atoms with van der Waals surface area (Å²) in [6, 6.07) is 1.67. The summed E-state index contributed by atoms with van der Waals surface area (Å²) >= 11 is 1.19. The first kappa shape index (κ1) is 13.7. The Morgan fingerprint density at radius 2 is 2.06 bits per heavy atom. The molecule has 1 aromatic rings. The summed E-state index contributed by atoms with van der Waals surface area (Å²) in [7, 11) is 0. The molecule has 92 valence electrons. The number of aromatic hydroxyl groups is 1. The molecule has 0 heterocycles. The van der Waals surface area contributed by atoms with Crippen molar-refractivity contribution in [1.82, 2.24) is 0 Å². The third-order valence-electron chi connectivity index (χ3n) is 1.96. The summed E-state index contributed by atoms with van der Waals surface area (Å²) in [5.74, 6) is -1.76. The van der Waals surface area contributed by atoms with Gasteiger partial charge in [0.05, 0.1) is 0 Å². The molecule has 0 aliphatic carbocycles. The Labute approximate surface area is 102 Å². The van der Waals surface area contributed by atoms with E-state index in [0.29, 0.717) is 12.2 Å². The summed E-state index contributed by atoms with van der Waals surface area (Å²) in [5, 5.41) is 9.38. The van der Waals surface area contributed by atoms with E-state index < -0.39 is 11.6 Å². The van der Waals surface area contributed by atoms with Gasteiger partial charge in [-0.3, -0.25) is 4.79 Å². The molecular weight excluding hydrogens is 246 g/mol. The predicted molar refractivity (Wildman–Crippen MR) is 64.8 cm³/mol. The molecule has 2 nitrogen and oxygen atoms in total. The van der Waals surface area contributed by atoms with Gasteiger partial charge in [-0.1, -0.05) is 23.9 Å². The van der Waals surface area contributed by atoms with Crippen molar-refractivity contribution in [3.8, 4) is 5.75 Å². The average Bonchev–Trinajstić information content (AvgIpc) is 2.24. The molecule has 0 saturated heterocycles. The molecule has 0 atom stereocenters. The molecule has 0 aromatic heterocycles. The lowest BCUT2D eigenvalue weighted by Crippen LogP contribution is -1.86. The monoisotopic (exact) mass is 258 g/mol. The fourth-order valence-corrected chi connectivity index (χ4v) is 1.71. The highest BCUT2D eigenvalue weighted by Crippen LogP contribution is 2.22. The third kappa shape index (κ3) is 4.56. The smallest absolute Gasteiger partial charge is 0.185 e. The van der Waals surface area contributed by atoms with Crippen molar-refractivity contribution in [2.75, 3.05) is 5.75 Å². The molecule has 5 heteroatoms. The normalized spacial score (nSPS) is 11.0. The molecule has 0 radical (unpaired) electrons. The van der Waals surface area contributed by atoms with Gasteiger partial charge in [0.2, 0.25) is 0 Å². The Kier molecular flexibility index (Phi) is 5.15. The van der Waals surface area contributed by atoms with Crippen molar-refractivity contribution in [2.45, 2.75) is 13.3 Å². The number of phenols is 1. The van der Waals surface area contributed by atoms with Crippen LogP contribution in [0.25, 0.3) is 6.08 Å². The summed E-state index contributed by atoms with van der Waals surface area (Å²) in [6.45, 7) is 1.48. The number of hydrogen-bond acceptors (Lipinski definition) is 3. The maximum atomic E-state index is 12.9. The van der Waals surface area contributed by atoms with Crippen LogP contribution in [-0.4, -0.2) is 16.0 Å². The van der Waals surface area contributed by atoms with E-state index >= 15 is 0 Å². The quantitative estimate of drug-likeness (QED) is 0.841. The van der Waals surface area contributed by atoms with E-state index in [-0.39, 0.29) is 16.4 Å². The van der Waals surface area contributed by atoms with Crippen molar-refractivity contribution in [1.29, 1.82) is 0 Å². The van der Waals surface area contributed by atoms with E-state index in [9.17, 15) is 18.7 Å². The molecule has 0 saturated carbocycles. The molecule has 0 amide bonds.